The van der Waals surface area contributed by atoms with Gasteiger partial charge >= 0.3 is 0 Å². The third kappa shape index (κ3) is 1.84. The average Bonchev–Trinajstić information content (AvgIpc) is 2.72. The van der Waals surface area contributed by atoms with E-state index in [-0.39, 0.29) is 0 Å². The number of benzene rings is 2. The Kier molecular flexibility index (Phi) is 2.62. The molecule has 0 bridgehead atoms. The van der Waals surface area contributed by atoms with E-state index < -0.39 is 0 Å². The average molecular weight is 261 g/mol. The number of aromatic nitrogens is 2. The SMILES string of the molecule is Pc1ccc2ncn(-c3ccccc3Cl)c2c1. The molecule has 84 valence electrons. The largest absolute Gasteiger partial charge is 0.297 e. The summed E-state index contributed by atoms with van der Waals surface area (Å²) < 4.78 is 2.01. The standard InChI is InChI=1S/C13H10ClN2P/c14-10-3-1-2-4-12(10)16-8-15-11-6-5-9(17)7-13(11)16/h1-8H,17H2. The van der Waals surface area contributed by atoms with Crippen molar-refractivity contribution in [3.05, 3.63) is 53.8 Å². The molecule has 3 aromatic rings. The van der Waals surface area contributed by atoms with Gasteiger partial charge in [-0.3, -0.25) is 4.57 Å². The van der Waals surface area contributed by atoms with Crippen molar-refractivity contribution >= 4 is 37.2 Å². The summed E-state index contributed by atoms with van der Waals surface area (Å²) in [6, 6.07) is 13.9. The molecule has 1 unspecified atom stereocenters. The Balaban J connectivity index is 2.31. The second-order valence-corrected chi connectivity index (χ2v) is 4.89. The van der Waals surface area contributed by atoms with Crippen LogP contribution < -0.4 is 5.30 Å². The molecule has 3 rings (SSSR count). The zero-order chi connectivity index (χ0) is 11.8. The highest BCUT2D eigenvalue weighted by atomic mass is 35.5. The van der Waals surface area contributed by atoms with E-state index in [4.69, 9.17) is 11.6 Å². The molecule has 0 aliphatic heterocycles. The number of imidazole rings is 1. The van der Waals surface area contributed by atoms with Crippen LogP contribution in [0.4, 0.5) is 0 Å². The zero-order valence-corrected chi connectivity index (χ0v) is 10.9. The highest BCUT2D eigenvalue weighted by molar-refractivity contribution is 7.27. The Hall–Kier alpha value is -1.37. The minimum absolute atomic E-state index is 0.723. The molecule has 0 spiro atoms. The number of halogens is 1. The lowest BCUT2D eigenvalue weighted by atomic mass is 10.3. The Morgan fingerprint density at radius 1 is 1.12 bits per heavy atom. The smallest absolute Gasteiger partial charge is 0.100 e. The van der Waals surface area contributed by atoms with Crippen LogP contribution in [0.5, 0.6) is 0 Å². The summed E-state index contributed by atoms with van der Waals surface area (Å²) in [6.45, 7) is 0. The molecule has 0 radical (unpaired) electrons. The lowest BCUT2D eigenvalue weighted by Crippen LogP contribution is -1.95. The van der Waals surface area contributed by atoms with Gasteiger partial charge in [-0.2, -0.15) is 0 Å². The molecular weight excluding hydrogens is 251 g/mol. The molecule has 2 aromatic carbocycles. The fraction of sp³-hybridized carbons (Fsp3) is 0. The summed E-state index contributed by atoms with van der Waals surface area (Å²) in [4.78, 5) is 4.37. The molecule has 17 heavy (non-hydrogen) atoms. The minimum atomic E-state index is 0.723. The lowest BCUT2D eigenvalue weighted by molar-refractivity contribution is 1.09. The number of rotatable bonds is 1. The van der Waals surface area contributed by atoms with Crippen LogP contribution in [0.2, 0.25) is 5.02 Å². The van der Waals surface area contributed by atoms with Crippen LogP contribution in [0.15, 0.2) is 48.8 Å². The second-order valence-electron chi connectivity index (χ2n) is 3.81. The first-order chi connectivity index (χ1) is 8.25. The van der Waals surface area contributed by atoms with E-state index in [9.17, 15) is 0 Å². The van der Waals surface area contributed by atoms with Gasteiger partial charge in [0.2, 0.25) is 0 Å². The first-order valence-corrected chi connectivity index (χ1v) is 6.19. The van der Waals surface area contributed by atoms with Gasteiger partial charge in [0.1, 0.15) is 6.33 Å². The molecule has 1 heterocycles. The summed E-state index contributed by atoms with van der Waals surface area (Å²) in [7, 11) is 2.69. The quantitative estimate of drug-likeness (QED) is 0.615. The summed E-state index contributed by atoms with van der Waals surface area (Å²) in [6.07, 6.45) is 1.80. The van der Waals surface area contributed by atoms with Crippen molar-refractivity contribution in [2.45, 2.75) is 0 Å². The second kappa shape index (κ2) is 4.14. The Morgan fingerprint density at radius 3 is 2.76 bits per heavy atom. The van der Waals surface area contributed by atoms with Crippen molar-refractivity contribution in [3.8, 4) is 5.69 Å². The normalized spacial score (nSPS) is 10.9. The Labute approximate surface area is 106 Å². The van der Waals surface area contributed by atoms with Crippen molar-refractivity contribution in [2.24, 2.45) is 0 Å². The van der Waals surface area contributed by atoms with Crippen molar-refractivity contribution in [2.75, 3.05) is 0 Å². The van der Waals surface area contributed by atoms with Gasteiger partial charge in [0.05, 0.1) is 21.7 Å². The summed E-state index contributed by atoms with van der Waals surface area (Å²) in [5.41, 5.74) is 2.98. The zero-order valence-electron chi connectivity index (χ0n) is 8.97. The fourth-order valence-electron chi connectivity index (χ4n) is 1.86. The van der Waals surface area contributed by atoms with Crippen molar-refractivity contribution < 1.29 is 0 Å². The van der Waals surface area contributed by atoms with Crippen LogP contribution in [-0.2, 0) is 0 Å². The molecule has 2 nitrogen and oxygen atoms in total. The van der Waals surface area contributed by atoms with Gasteiger partial charge in [0.25, 0.3) is 0 Å². The van der Waals surface area contributed by atoms with Gasteiger partial charge in [-0.15, -0.1) is 9.24 Å². The molecule has 0 saturated heterocycles. The van der Waals surface area contributed by atoms with Crippen molar-refractivity contribution in [1.29, 1.82) is 0 Å². The van der Waals surface area contributed by atoms with Crippen molar-refractivity contribution in [1.82, 2.24) is 9.55 Å². The fourth-order valence-corrected chi connectivity index (χ4v) is 2.34. The predicted octanol–water partition coefficient (Wildman–Crippen LogP) is 3.18. The predicted molar refractivity (Wildman–Crippen MR) is 75.4 cm³/mol. The molecule has 0 fully saturated rings. The number of hydrogen-bond acceptors (Lipinski definition) is 1. The molecule has 0 aliphatic carbocycles. The van der Waals surface area contributed by atoms with Crippen LogP contribution in [-0.4, -0.2) is 9.55 Å². The van der Waals surface area contributed by atoms with Crippen LogP contribution >= 0.6 is 20.8 Å². The van der Waals surface area contributed by atoms with E-state index >= 15 is 0 Å². The van der Waals surface area contributed by atoms with Gasteiger partial charge < -0.3 is 0 Å². The minimum Gasteiger partial charge on any atom is -0.297 e. The molecule has 1 atom stereocenters. The molecule has 0 aliphatic rings. The highest BCUT2D eigenvalue weighted by Gasteiger charge is 2.07. The molecular formula is C13H10ClN2P. The Morgan fingerprint density at radius 2 is 1.94 bits per heavy atom. The summed E-state index contributed by atoms with van der Waals surface area (Å²) in [5.74, 6) is 0. The molecule has 4 heteroatoms. The number of para-hydroxylation sites is 1. The van der Waals surface area contributed by atoms with Crippen LogP contribution in [0.1, 0.15) is 0 Å². The number of fused-ring (bicyclic) bond motifs is 1. The van der Waals surface area contributed by atoms with E-state index in [2.05, 4.69) is 20.3 Å². The number of hydrogen-bond donors (Lipinski definition) is 0. The third-order valence-corrected chi connectivity index (χ3v) is 3.36. The summed E-state index contributed by atoms with van der Waals surface area (Å²) >= 11 is 6.20. The van der Waals surface area contributed by atoms with E-state index in [1.165, 1.54) is 0 Å². The van der Waals surface area contributed by atoms with E-state index in [0.29, 0.717) is 0 Å². The van der Waals surface area contributed by atoms with Gasteiger partial charge in [0, 0.05) is 0 Å². The van der Waals surface area contributed by atoms with E-state index in [0.717, 1.165) is 27.0 Å². The highest BCUT2D eigenvalue weighted by Crippen LogP contribution is 2.23. The topological polar surface area (TPSA) is 17.8 Å². The van der Waals surface area contributed by atoms with E-state index in [1.54, 1.807) is 6.33 Å². The molecule has 0 amide bonds. The maximum absolute atomic E-state index is 6.20. The lowest BCUT2D eigenvalue weighted by Gasteiger charge is -2.06. The molecule has 0 saturated carbocycles. The first-order valence-electron chi connectivity index (χ1n) is 5.23. The van der Waals surface area contributed by atoms with Crippen LogP contribution in [0.3, 0.4) is 0 Å². The van der Waals surface area contributed by atoms with Gasteiger partial charge in [-0.1, -0.05) is 29.8 Å². The van der Waals surface area contributed by atoms with Crippen LogP contribution in [0.25, 0.3) is 16.7 Å². The van der Waals surface area contributed by atoms with E-state index in [1.807, 2.05) is 41.0 Å². The maximum Gasteiger partial charge on any atom is 0.100 e. The van der Waals surface area contributed by atoms with Crippen LogP contribution in [0, 0.1) is 0 Å². The first kappa shape index (κ1) is 10.8. The third-order valence-electron chi connectivity index (χ3n) is 2.68. The maximum atomic E-state index is 6.20. The van der Waals surface area contributed by atoms with Gasteiger partial charge in [-0.25, -0.2) is 4.98 Å². The molecule has 0 N–H and O–H groups in total. The van der Waals surface area contributed by atoms with Crippen molar-refractivity contribution in [3.63, 3.8) is 0 Å². The van der Waals surface area contributed by atoms with Gasteiger partial charge in [-0.05, 0) is 29.6 Å². The number of nitrogens with zero attached hydrogens (tertiary/aromatic N) is 2. The Bertz CT molecular complexity index is 691. The monoisotopic (exact) mass is 260 g/mol. The summed E-state index contributed by atoms with van der Waals surface area (Å²) in [5, 5.41) is 1.85. The molecule has 1 aromatic heterocycles. The van der Waals surface area contributed by atoms with Gasteiger partial charge in [0.15, 0.2) is 0 Å².